The van der Waals surface area contributed by atoms with Crippen molar-refractivity contribution < 1.29 is 44.6 Å². The molecule has 0 unspecified atom stereocenters. The van der Waals surface area contributed by atoms with Gasteiger partial charge in [0.05, 0.1) is 18.4 Å². The Kier molecular flexibility index (Phi) is 7.57. The third kappa shape index (κ3) is 6.77. The summed E-state index contributed by atoms with van der Waals surface area (Å²) in [6.07, 6.45) is -5.08. The predicted octanol–water partition coefficient (Wildman–Crippen LogP) is 5.31. The van der Waals surface area contributed by atoms with Crippen molar-refractivity contribution >= 4 is 21.4 Å². The van der Waals surface area contributed by atoms with E-state index < -0.39 is 51.2 Å². The summed E-state index contributed by atoms with van der Waals surface area (Å²) >= 11 is 0. The minimum atomic E-state index is -4.65. The first kappa shape index (κ1) is 26.3. The van der Waals surface area contributed by atoms with Gasteiger partial charge in [0.15, 0.2) is 21.5 Å². The van der Waals surface area contributed by atoms with Gasteiger partial charge in [-0.15, -0.1) is 0 Å². The van der Waals surface area contributed by atoms with Crippen LogP contribution in [0.1, 0.15) is 25.8 Å². The summed E-state index contributed by atoms with van der Waals surface area (Å²) in [7, 11) is -2.63. The topological polar surface area (TPSA) is 69.7 Å². The Morgan fingerprint density at radius 1 is 0.970 bits per heavy atom. The summed E-state index contributed by atoms with van der Waals surface area (Å²) in [4.78, 5) is 12.5. The van der Waals surface area contributed by atoms with Gasteiger partial charge in [-0.3, -0.25) is 0 Å². The van der Waals surface area contributed by atoms with Crippen molar-refractivity contribution in [1.29, 1.82) is 0 Å². The first-order valence-corrected chi connectivity index (χ1v) is 11.3. The SMILES string of the molecule is COC(=O)/C(Oc1ccc(F)c(F)c1)=C(/c1ccc(S(C)(=O)=O)cc1)C(C)(C)CC(F)(F)F. The minimum Gasteiger partial charge on any atom is -0.463 e. The second-order valence-corrected chi connectivity index (χ2v) is 9.86. The molecule has 0 aromatic heterocycles. The molecular weight excluding hydrogens is 471 g/mol. The largest absolute Gasteiger partial charge is 0.463 e. The van der Waals surface area contributed by atoms with Crippen molar-refractivity contribution in [1.82, 2.24) is 0 Å². The molecule has 180 valence electrons. The number of carbonyl (C=O) groups is 1. The third-order valence-corrected chi connectivity index (χ3v) is 5.73. The maximum Gasteiger partial charge on any atom is 0.389 e. The summed E-state index contributed by atoms with van der Waals surface area (Å²) in [5.74, 6) is -4.71. The quantitative estimate of drug-likeness (QED) is 0.227. The fourth-order valence-electron chi connectivity index (χ4n) is 3.23. The molecule has 33 heavy (non-hydrogen) atoms. The number of hydrogen-bond acceptors (Lipinski definition) is 5. The van der Waals surface area contributed by atoms with Crippen LogP contribution in [0.4, 0.5) is 22.0 Å². The Balaban J connectivity index is 2.80. The fourth-order valence-corrected chi connectivity index (χ4v) is 3.86. The Labute approximate surface area is 187 Å². The van der Waals surface area contributed by atoms with E-state index in [1.807, 2.05) is 0 Å². The Morgan fingerprint density at radius 2 is 1.55 bits per heavy atom. The zero-order valence-electron chi connectivity index (χ0n) is 18.1. The summed E-state index contributed by atoms with van der Waals surface area (Å²) in [5.41, 5.74) is -2.01. The number of carbonyl (C=O) groups excluding carboxylic acids is 1. The number of ether oxygens (including phenoxy) is 2. The van der Waals surface area contributed by atoms with Crippen molar-refractivity contribution in [2.45, 2.75) is 31.3 Å². The van der Waals surface area contributed by atoms with Crippen molar-refractivity contribution in [3.05, 3.63) is 65.4 Å². The highest BCUT2D eigenvalue weighted by molar-refractivity contribution is 7.90. The average Bonchev–Trinajstić information content (AvgIpc) is 2.67. The number of alkyl halides is 3. The summed E-state index contributed by atoms with van der Waals surface area (Å²) in [5, 5.41) is 0. The first-order valence-electron chi connectivity index (χ1n) is 9.38. The van der Waals surface area contributed by atoms with Gasteiger partial charge in [-0.1, -0.05) is 26.0 Å². The Morgan fingerprint density at radius 3 is 2.00 bits per heavy atom. The second kappa shape index (κ2) is 9.50. The molecule has 0 fully saturated rings. The molecule has 5 nitrogen and oxygen atoms in total. The molecule has 2 rings (SSSR count). The highest BCUT2D eigenvalue weighted by atomic mass is 32.2. The van der Waals surface area contributed by atoms with Gasteiger partial charge in [0.2, 0.25) is 5.76 Å². The molecule has 0 atom stereocenters. The normalized spacial score (nSPS) is 13.4. The smallest absolute Gasteiger partial charge is 0.389 e. The van der Waals surface area contributed by atoms with Crippen LogP contribution in [-0.4, -0.2) is 33.9 Å². The van der Waals surface area contributed by atoms with Gasteiger partial charge >= 0.3 is 12.1 Å². The molecule has 0 spiro atoms. The van der Waals surface area contributed by atoms with Gasteiger partial charge < -0.3 is 9.47 Å². The van der Waals surface area contributed by atoms with E-state index in [9.17, 15) is 35.2 Å². The number of sulfone groups is 1. The van der Waals surface area contributed by atoms with E-state index in [1.54, 1.807) is 0 Å². The Bertz CT molecular complexity index is 1170. The van der Waals surface area contributed by atoms with E-state index in [4.69, 9.17) is 4.74 Å². The molecule has 0 radical (unpaired) electrons. The van der Waals surface area contributed by atoms with Crippen LogP contribution in [0.5, 0.6) is 5.75 Å². The number of halogens is 5. The molecular formula is C22H21F5O5S. The molecule has 0 amide bonds. The van der Waals surface area contributed by atoms with Gasteiger partial charge in [-0.25, -0.2) is 22.0 Å². The molecule has 0 bridgehead atoms. The second-order valence-electron chi connectivity index (χ2n) is 7.85. The van der Waals surface area contributed by atoms with E-state index >= 15 is 0 Å². The van der Waals surface area contributed by atoms with Crippen molar-refractivity contribution in [3.8, 4) is 5.75 Å². The maximum atomic E-state index is 13.7. The molecule has 2 aromatic rings. The van der Waals surface area contributed by atoms with Crippen LogP contribution < -0.4 is 4.74 Å². The van der Waals surface area contributed by atoms with Gasteiger partial charge in [0.25, 0.3) is 0 Å². The number of allylic oxidation sites excluding steroid dienone is 1. The van der Waals surface area contributed by atoms with Gasteiger partial charge in [0, 0.05) is 23.3 Å². The first-order chi connectivity index (χ1) is 15.0. The van der Waals surface area contributed by atoms with Gasteiger partial charge in [-0.2, -0.15) is 13.2 Å². The molecule has 0 saturated carbocycles. The van der Waals surface area contributed by atoms with Crippen molar-refractivity contribution in [2.24, 2.45) is 5.41 Å². The van der Waals surface area contributed by atoms with Crippen molar-refractivity contribution in [2.75, 3.05) is 13.4 Å². The maximum absolute atomic E-state index is 13.7. The van der Waals surface area contributed by atoms with E-state index in [0.29, 0.717) is 6.07 Å². The molecule has 0 aliphatic heterocycles. The number of esters is 1. The lowest BCUT2D eigenvalue weighted by Crippen LogP contribution is -2.27. The molecule has 0 N–H and O–H groups in total. The third-order valence-electron chi connectivity index (χ3n) is 4.60. The Hall–Kier alpha value is -2.95. The lowest BCUT2D eigenvalue weighted by atomic mass is 9.76. The minimum absolute atomic E-state index is 0.0413. The lowest BCUT2D eigenvalue weighted by molar-refractivity contribution is -0.149. The molecule has 0 aliphatic carbocycles. The summed E-state index contributed by atoms with van der Waals surface area (Å²) in [6, 6.07) is 7.12. The van der Waals surface area contributed by atoms with Crippen LogP contribution in [0.15, 0.2) is 53.1 Å². The summed E-state index contributed by atoms with van der Waals surface area (Å²) < 4.78 is 101. The zero-order valence-corrected chi connectivity index (χ0v) is 18.9. The van der Waals surface area contributed by atoms with Crippen molar-refractivity contribution in [3.63, 3.8) is 0 Å². The number of methoxy groups -OCH3 is 1. The van der Waals surface area contributed by atoms with E-state index in [0.717, 1.165) is 25.5 Å². The van der Waals surface area contributed by atoms with E-state index in [2.05, 4.69) is 4.74 Å². The molecule has 0 heterocycles. The zero-order chi connectivity index (χ0) is 25.2. The predicted molar refractivity (Wildman–Crippen MR) is 110 cm³/mol. The van der Waals surface area contributed by atoms with Crippen LogP contribution in [-0.2, 0) is 19.4 Å². The average molecular weight is 492 g/mol. The molecule has 2 aromatic carbocycles. The fraction of sp³-hybridized carbons (Fsp3) is 0.318. The van der Waals surface area contributed by atoms with E-state index in [1.165, 1.54) is 38.1 Å². The summed E-state index contributed by atoms with van der Waals surface area (Å²) in [6.45, 7) is 2.41. The van der Waals surface area contributed by atoms with Crippen LogP contribution >= 0.6 is 0 Å². The van der Waals surface area contributed by atoms with Crippen LogP contribution in [0.25, 0.3) is 5.57 Å². The highest BCUT2D eigenvalue weighted by Crippen LogP contribution is 2.45. The molecule has 0 saturated heterocycles. The van der Waals surface area contributed by atoms with Crippen LogP contribution in [0, 0.1) is 17.0 Å². The monoisotopic (exact) mass is 492 g/mol. The lowest BCUT2D eigenvalue weighted by Gasteiger charge is -2.31. The number of benzene rings is 2. The van der Waals surface area contributed by atoms with Crippen LogP contribution in [0.3, 0.4) is 0 Å². The van der Waals surface area contributed by atoms with Crippen LogP contribution in [0.2, 0.25) is 0 Å². The molecule has 0 aliphatic rings. The standard InChI is InChI=1S/C22H21F5O5S/c1-21(2,12-22(25,26)27)18(13-5-8-15(9-6-13)33(4,29)30)19(20(28)31-3)32-14-7-10-16(23)17(24)11-14/h5-11H,12H2,1-4H3/b19-18+. The highest BCUT2D eigenvalue weighted by Gasteiger charge is 2.42. The van der Waals surface area contributed by atoms with Gasteiger partial charge in [-0.05, 0) is 29.8 Å². The molecule has 11 heteroatoms. The number of hydrogen-bond donors (Lipinski definition) is 0. The van der Waals surface area contributed by atoms with Gasteiger partial charge in [0.1, 0.15) is 5.75 Å². The number of rotatable bonds is 7. The van der Waals surface area contributed by atoms with E-state index in [-0.39, 0.29) is 21.8 Å².